The molecule has 122 valence electrons. The molecule has 2 amide bonds. The summed E-state index contributed by atoms with van der Waals surface area (Å²) in [6, 6.07) is -0.286. The Morgan fingerprint density at radius 2 is 2.36 bits per heavy atom. The third-order valence-corrected chi connectivity index (χ3v) is 4.09. The van der Waals surface area contributed by atoms with Crippen LogP contribution in [0.2, 0.25) is 0 Å². The SMILES string of the molecule is O=C1NC(=NCC2CC=CO2)CCN1C1CC(O)C(CO)O1. The summed E-state index contributed by atoms with van der Waals surface area (Å²) < 4.78 is 10.8. The monoisotopic (exact) mass is 311 g/mol. The Balaban J connectivity index is 1.52. The van der Waals surface area contributed by atoms with Gasteiger partial charge in [0, 0.05) is 25.8 Å². The number of aliphatic hydroxyl groups excluding tert-OH is 2. The second-order valence-corrected chi connectivity index (χ2v) is 5.64. The number of aliphatic hydroxyl groups is 2. The zero-order valence-electron chi connectivity index (χ0n) is 12.2. The molecule has 8 heteroatoms. The third-order valence-electron chi connectivity index (χ3n) is 4.09. The average molecular weight is 311 g/mol. The van der Waals surface area contributed by atoms with Crippen molar-refractivity contribution in [2.24, 2.45) is 4.99 Å². The maximum Gasteiger partial charge on any atom is 0.324 e. The van der Waals surface area contributed by atoms with Gasteiger partial charge in [0.1, 0.15) is 24.3 Å². The first-order chi connectivity index (χ1) is 10.7. The van der Waals surface area contributed by atoms with Crippen LogP contribution in [0.25, 0.3) is 0 Å². The summed E-state index contributed by atoms with van der Waals surface area (Å²) in [5.74, 6) is 0.647. The van der Waals surface area contributed by atoms with Crippen molar-refractivity contribution in [1.29, 1.82) is 0 Å². The van der Waals surface area contributed by atoms with Gasteiger partial charge in [0.05, 0.1) is 25.5 Å². The molecule has 0 saturated carbocycles. The fraction of sp³-hybridized carbons (Fsp3) is 0.714. The number of nitrogens with zero attached hydrogens (tertiary/aromatic N) is 2. The molecule has 22 heavy (non-hydrogen) atoms. The van der Waals surface area contributed by atoms with Crippen molar-refractivity contribution in [2.45, 2.75) is 43.8 Å². The third kappa shape index (κ3) is 3.23. The minimum absolute atomic E-state index is 0.0565. The van der Waals surface area contributed by atoms with Gasteiger partial charge < -0.3 is 19.7 Å². The molecule has 3 rings (SSSR count). The van der Waals surface area contributed by atoms with Crippen LogP contribution in [0, 0.1) is 0 Å². The minimum Gasteiger partial charge on any atom is -0.496 e. The van der Waals surface area contributed by atoms with Gasteiger partial charge in [-0.3, -0.25) is 15.2 Å². The Bertz CT molecular complexity index is 473. The van der Waals surface area contributed by atoms with E-state index in [-0.39, 0.29) is 18.7 Å². The first kappa shape index (κ1) is 15.3. The molecule has 0 bridgehead atoms. The molecular weight excluding hydrogens is 290 g/mol. The highest BCUT2D eigenvalue weighted by atomic mass is 16.5. The lowest BCUT2D eigenvalue weighted by molar-refractivity contribution is -0.0641. The van der Waals surface area contributed by atoms with Crippen LogP contribution in [0.15, 0.2) is 17.3 Å². The van der Waals surface area contributed by atoms with Crippen molar-refractivity contribution in [3.05, 3.63) is 12.3 Å². The molecule has 3 heterocycles. The summed E-state index contributed by atoms with van der Waals surface area (Å²) >= 11 is 0. The normalized spacial score (nSPS) is 36.7. The van der Waals surface area contributed by atoms with Gasteiger partial charge in [-0.15, -0.1) is 0 Å². The van der Waals surface area contributed by atoms with Gasteiger partial charge in [0.25, 0.3) is 0 Å². The van der Waals surface area contributed by atoms with E-state index in [9.17, 15) is 9.90 Å². The number of amides is 2. The van der Waals surface area contributed by atoms with Gasteiger partial charge in [-0.25, -0.2) is 4.79 Å². The van der Waals surface area contributed by atoms with Crippen LogP contribution in [0.1, 0.15) is 19.3 Å². The van der Waals surface area contributed by atoms with Gasteiger partial charge in [-0.05, 0) is 6.08 Å². The molecule has 4 unspecified atom stereocenters. The molecule has 8 nitrogen and oxygen atoms in total. The minimum atomic E-state index is -0.745. The number of nitrogens with one attached hydrogen (secondary N) is 1. The molecule has 2 saturated heterocycles. The molecule has 0 aliphatic carbocycles. The molecule has 3 N–H and O–H groups in total. The molecule has 0 aromatic carbocycles. The van der Waals surface area contributed by atoms with E-state index in [0.717, 1.165) is 6.42 Å². The van der Waals surface area contributed by atoms with Gasteiger partial charge in [-0.1, -0.05) is 0 Å². The maximum absolute atomic E-state index is 12.2. The van der Waals surface area contributed by atoms with E-state index in [2.05, 4.69) is 10.3 Å². The smallest absolute Gasteiger partial charge is 0.324 e. The zero-order valence-corrected chi connectivity index (χ0v) is 12.2. The van der Waals surface area contributed by atoms with Crippen LogP contribution in [0.5, 0.6) is 0 Å². The first-order valence-electron chi connectivity index (χ1n) is 7.53. The Morgan fingerprint density at radius 1 is 1.50 bits per heavy atom. The highest BCUT2D eigenvalue weighted by Gasteiger charge is 2.39. The van der Waals surface area contributed by atoms with E-state index < -0.39 is 18.4 Å². The van der Waals surface area contributed by atoms with E-state index in [1.165, 1.54) is 4.90 Å². The fourth-order valence-corrected chi connectivity index (χ4v) is 2.81. The number of aliphatic imine (C=N–C) groups is 1. The van der Waals surface area contributed by atoms with Crippen molar-refractivity contribution >= 4 is 11.9 Å². The Kier molecular flexibility index (Phi) is 4.60. The van der Waals surface area contributed by atoms with Crippen molar-refractivity contribution < 1.29 is 24.5 Å². The van der Waals surface area contributed by atoms with Gasteiger partial charge >= 0.3 is 6.03 Å². The lowest BCUT2D eigenvalue weighted by Crippen LogP contribution is -2.53. The van der Waals surface area contributed by atoms with Crippen molar-refractivity contribution in [2.75, 3.05) is 19.7 Å². The van der Waals surface area contributed by atoms with E-state index in [0.29, 0.717) is 31.8 Å². The predicted octanol–water partition coefficient (Wildman–Crippen LogP) is -0.429. The number of carbonyl (C=O) groups is 1. The van der Waals surface area contributed by atoms with Crippen molar-refractivity contribution in [3.8, 4) is 0 Å². The van der Waals surface area contributed by atoms with Gasteiger partial charge in [-0.2, -0.15) is 0 Å². The Labute approximate surface area is 128 Å². The standard InChI is InChI=1S/C14H21N3O5/c18-8-11-10(19)6-13(22-11)17-4-3-12(16-14(17)20)15-7-9-2-1-5-21-9/h1,5,9-11,13,18-19H,2-4,6-8H2,(H,15,16,20). The number of carbonyl (C=O) groups excluding carboxylic acids is 1. The Hall–Kier alpha value is -1.64. The van der Waals surface area contributed by atoms with E-state index >= 15 is 0 Å². The van der Waals surface area contributed by atoms with Crippen LogP contribution in [0.4, 0.5) is 4.79 Å². The molecule has 2 fully saturated rings. The second-order valence-electron chi connectivity index (χ2n) is 5.64. The number of amidine groups is 1. The van der Waals surface area contributed by atoms with Crippen LogP contribution >= 0.6 is 0 Å². The number of urea groups is 1. The van der Waals surface area contributed by atoms with E-state index in [1.54, 1.807) is 6.26 Å². The van der Waals surface area contributed by atoms with E-state index in [1.807, 2.05) is 6.08 Å². The molecule has 0 aromatic heterocycles. The summed E-state index contributed by atoms with van der Waals surface area (Å²) in [6.45, 7) is 0.743. The van der Waals surface area contributed by atoms with Gasteiger partial charge in [0.15, 0.2) is 0 Å². The number of rotatable bonds is 4. The zero-order chi connectivity index (χ0) is 15.5. The van der Waals surface area contributed by atoms with Crippen LogP contribution < -0.4 is 5.32 Å². The molecule has 0 aromatic rings. The highest BCUT2D eigenvalue weighted by molar-refractivity contribution is 5.99. The molecule has 0 radical (unpaired) electrons. The largest absolute Gasteiger partial charge is 0.496 e. The summed E-state index contributed by atoms with van der Waals surface area (Å²) in [5.41, 5.74) is 0. The summed E-state index contributed by atoms with van der Waals surface area (Å²) in [4.78, 5) is 18.1. The predicted molar refractivity (Wildman–Crippen MR) is 77.2 cm³/mol. The quantitative estimate of drug-likeness (QED) is 0.654. The second kappa shape index (κ2) is 6.64. The highest BCUT2D eigenvalue weighted by Crippen LogP contribution is 2.24. The Morgan fingerprint density at radius 3 is 3.00 bits per heavy atom. The number of hydrogen-bond donors (Lipinski definition) is 3. The van der Waals surface area contributed by atoms with Crippen LogP contribution in [0.3, 0.4) is 0 Å². The molecular formula is C14H21N3O5. The lowest BCUT2D eigenvalue weighted by Gasteiger charge is -2.32. The summed E-state index contributed by atoms with van der Waals surface area (Å²) in [7, 11) is 0. The number of ether oxygens (including phenoxy) is 2. The maximum atomic E-state index is 12.2. The van der Waals surface area contributed by atoms with Crippen molar-refractivity contribution in [3.63, 3.8) is 0 Å². The van der Waals surface area contributed by atoms with E-state index in [4.69, 9.17) is 14.6 Å². The fourth-order valence-electron chi connectivity index (χ4n) is 2.81. The van der Waals surface area contributed by atoms with Gasteiger partial charge in [0.2, 0.25) is 0 Å². The summed E-state index contributed by atoms with van der Waals surface area (Å²) in [5, 5.41) is 21.6. The molecule has 3 aliphatic heterocycles. The number of hydrogen-bond acceptors (Lipinski definition) is 6. The topological polar surface area (TPSA) is 104 Å². The molecule has 3 aliphatic rings. The van der Waals surface area contributed by atoms with Crippen molar-refractivity contribution in [1.82, 2.24) is 10.2 Å². The lowest BCUT2D eigenvalue weighted by atomic mass is 10.2. The molecule has 0 spiro atoms. The first-order valence-corrected chi connectivity index (χ1v) is 7.53. The average Bonchev–Trinajstić information content (AvgIpc) is 3.14. The van der Waals surface area contributed by atoms with Crippen LogP contribution in [-0.2, 0) is 9.47 Å². The summed E-state index contributed by atoms with van der Waals surface area (Å²) in [6.07, 6.45) is 3.56. The molecule has 4 atom stereocenters. The van der Waals surface area contributed by atoms with Crippen LogP contribution in [-0.4, -0.2) is 71.2 Å².